The normalized spacial score (nSPS) is 15.6. The van der Waals surface area contributed by atoms with Gasteiger partial charge < -0.3 is 14.0 Å². The number of hydrogen-bond acceptors (Lipinski definition) is 5. The lowest BCUT2D eigenvalue weighted by molar-refractivity contribution is 0.0363. The standard InChI is InChI=1S/C22H24ClN3O2S/c1-27-20-4-2-3-17(15-20)21-16-29-22(24-19-7-5-18(23)6-8-19)26(21)10-9-25-11-13-28-14-12-25/h2-8,15-16H,9-14H2,1H3. The molecule has 0 amide bonds. The first-order valence-electron chi connectivity index (χ1n) is 9.66. The van der Waals surface area contributed by atoms with E-state index in [1.54, 1.807) is 18.4 Å². The molecule has 1 aliphatic heterocycles. The van der Waals surface area contributed by atoms with Gasteiger partial charge in [0.2, 0.25) is 0 Å². The first-order valence-corrected chi connectivity index (χ1v) is 10.9. The number of ether oxygens (including phenoxy) is 2. The molecular formula is C22H24ClN3O2S. The zero-order chi connectivity index (χ0) is 20.1. The zero-order valence-electron chi connectivity index (χ0n) is 16.4. The molecule has 0 N–H and O–H groups in total. The highest BCUT2D eigenvalue weighted by molar-refractivity contribution is 7.07. The molecule has 4 rings (SSSR count). The second kappa shape index (κ2) is 9.59. The second-order valence-corrected chi connectivity index (χ2v) is 8.10. The quantitative estimate of drug-likeness (QED) is 0.581. The summed E-state index contributed by atoms with van der Waals surface area (Å²) in [6, 6.07) is 15.8. The Kier molecular flexibility index (Phi) is 6.67. The van der Waals surface area contributed by atoms with Crippen molar-refractivity contribution in [1.82, 2.24) is 9.47 Å². The molecule has 29 heavy (non-hydrogen) atoms. The van der Waals surface area contributed by atoms with Gasteiger partial charge in [-0.1, -0.05) is 23.7 Å². The molecule has 0 atom stereocenters. The average molecular weight is 430 g/mol. The van der Waals surface area contributed by atoms with Crippen LogP contribution in [0, 0.1) is 0 Å². The average Bonchev–Trinajstić information content (AvgIpc) is 3.17. The van der Waals surface area contributed by atoms with E-state index in [1.165, 1.54) is 0 Å². The minimum absolute atomic E-state index is 0.715. The highest BCUT2D eigenvalue weighted by Crippen LogP contribution is 2.25. The van der Waals surface area contributed by atoms with Crippen molar-refractivity contribution in [3.05, 3.63) is 63.7 Å². The van der Waals surface area contributed by atoms with Gasteiger partial charge in [-0.3, -0.25) is 4.90 Å². The molecule has 1 aromatic heterocycles. The Balaban J connectivity index is 1.70. The number of benzene rings is 2. The molecule has 0 spiro atoms. The van der Waals surface area contributed by atoms with Crippen molar-refractivity contribution in [3.63, 3.8) is 0 Å². The summed E-state index contributed by atoms with van der Waals surface area (Å²) in [6.07, 6.45) is 0. The van der Waals surface area contributed by atoms with E-state index in [0.717, 1.165) is 66.9 Å². The van der Waals surface area contributed by atoms with Gasteiger partial charge >= 0.3 is 0 Å². The number of halogens is 1. The van der Waals surface area contributed by atoms with Crippen molar-refractivity contribution in [2.45, 2.75) is 6.54 Å². The van der Waals surface area contributed by atoms with Gasteiger partial charge in [-0.25, -0.2) is 4.99 Å². The summed E-state index contributed by atoms with van der Waals surface area (Å²) >= 11 is 7.67. The molecule has 0 bridgehead atoms. The van der Waals surface area contributed by atoms with Crippen molar-refractivity contribution in [2.75, 3.05) is 40.0 Å². The van der Waals surface area contributed by atoms with E-state index in [0.29, 0.717) is 5.02 Å². The molecule has 0 radical (unpaired) electrons. The minimum atomic E-state index is 0.715. The Morgan fingerprint density at radius 1 is 1.10 bits per heavy atom. The fourth-order valence-electron chi connectivity index (χ4n) is 3.34. The smallest absolute Gasteiger partial charge is 0.190 e. The lowest BCUT2D eigenvalue weighted by Crippen LogP contribution is -2.39. The molecular weight excluding hydrogens is 406 g/mol. The summed E-state index contributed by atoms with van der Waals surface area (Å²) in [5, 5.41) is 2.88. The topological polar surface area (TPSA) is 39.0 Å². The van der Waals surface area contributed by atoms with Crippen LogP contribution < -0.4 is 9.54 Å². The van der Waals surface area contributed by atoms with Gasteiger partial charge in [0.05, 0.1) is 31.7 Å². The van der Waals surface area contributed by atoms with E-state index >= 15 is 0 Å². The molecule has 7 heteroatoms. The Hall–Kier alpha value is -2.12. The van der Waals surface area contributed by atoms with Gasteiger partial charge in [0.25, 0.3) is 0 Å². The van der Waals surface area contributed by atoms with E-state index in [4.69, 9.17) is 26.1 Å². The highest BCUT2D eigenvalue weighted by Gasteiger charge is 2.13. The van der Waals surface area contributed by atoms with E-state index in [2.05, 4.69) is 27.0 Å². The third-order valence-electron chi connectivity index (χ3n) is 4.96. The van der Waals surface area contributed by atoms with Crippen LogP contribution >= 0.6 is 22.9 Å². The number of aromatic nitrogens is 1. The Bertz CT molecular complexity index is 1010. The third kappa shape index (κ3) is 5.08. The van der Waals surface area contributed by atoms with Crippen LogP contribution in [0.4, 0.5) is 5.69 Å². The zero-order valence-corrected chi connectivity index (χ0v) is 18.0. The van der Waals surface area contributed by atoms with Gasteiger partial charge in [0.15, 0.2) is 4.80 Å². The molecule has 152 valence electrons. The van der Waals surface area contributed by atoms with Crippen LogP contribution in [0.3, 0.4) is 0 Å². The molecule has 1 fully saturated rings. The Morgan fingerprint density at radius 2 is 1.90 bits per heavy atom. The Morgan fingerprint density at radius 3 is 2.66 bits per heavy atom. The molecule has 0 aliphatic carbocycles. The van der Waals surface area contributed by atoms with Crippen LogP contribution in [0.1, 0.15) is 0 Å². The van der Waals surface area contributed by atoms with Gasteiger partial charge in [-0.15, -0.1) is 11.3 Å². The number of methoxy groups -OCH3 is 1. The van der Waals surface area contributed by atoms with Crippen molar-refractivity contribution in [2.24, 2.45) is 4.99 Å². The van der Waals surface area contributed by atoms with Gasteiger partial charge in [0.1, 0.15) is 5.75 Å². The van der Waals surface area contributed by atoms with Crippen molar-refractivity contribution >= 4 is 28.6 Å². The molecule has 2 aromatic carbocycles. The van der Waals surface area contributed by atoms with E-state index in [1.807, 2.05) is 36.4 Å². The molecule has 2 heterocycles. The SMILES string of the molecule is COc1cccc(-c2csc(=Nc3ccc(Cl)cc3)n2CCN2CCOCC2)c1. The molecule has 1 aliphatic rings. The van der Waals surface area contributed by atoms with Crippen LogP contribution in [0.15, 0.2) is 58.9 Å². The Labute approximate surface area is 179 Å². The van der Waals surface area contributed by atoms with E-state index in [-0.39, 0.29) is 0 Å². The lowest BCUT2D eigenvalue weighted by atomic mass is 10.1. The fraction of sp³-hybridized carbons (Fsp3) is 0.318. The van der Waals surface area contributed by atoms with Gasteiger partial charge in [-0.2, -0.15) is 0 Å². The number of hydrogen-bond donors (Lipinski definition) is 0. The summed E-state index contributed by atoms with van der Waals surface area (Å²) in [7, 11) is 1.69. The maximum absolute atomic E-state index is 6.02. The largest absolute Gasteiger partial charge is 0.497 e. The first-order chi connectivity index (χ1) is 14.2. The van der Waals surface area contributed by atoms with Gasteiger partial charge in [-0.05, 0) is 36.4 Å². The molecule has 3 aromatic rings. The third-order valence-corrected chi connectivity index (χ3v) is 6.07. The second-order valence-electron chi connectivity index (χ2n) is 6.83. The lowest BCUT2D eigenvalue weighted by Gasteiger charge is -2.26. The van der Waals surface area contributed by atoms with Crippen LogP contribution in [0.2, 0.25) is 5.02 Å². The molecule has 1 saturated heterocycles. The number of nitrogens with zero attached hydrogens (tertiary/aromatic N) is 3. The summed E-state index contributed by atoms with van der Waals surface area (Å²) < 4.78 is 13.2. The number of rotatable bonds is 6. The predicted octanol–water partition coefficient (Wildman–Crippen LogP) is 4.44. The van der Waals surface area contributed by atoms with Crippen molar-refractivity contribution in [3.8, 4) is 17.0 Å². The van der Waals surface area contributed by atoms with E-state index < -0.39 is 0 Å². The number of thiazole rings is 1. The summed E-state index contributed by atoms with van der Waals surface area (Å²) in [5.41, 5.74) is 3.17. The van der Waals surface area contributed by atoms with E-state index in [9.17, 15) is 0 Å². The summed E-state index contributed by atoms with van der Waals surface area (Å²) in [6.45, 7) is 5.39. The van der Waals surface area contributed by atoms with Crippen LogP contribution in [0.25, 0.3) is 11.3 Å². The fourth-order valence-corrected chi connectivity index (χ4v) is 4.42. The minimum Gasteiger partial charge on any atom is -0.497 e. The van der Waals surface area contributed by atoms with Crippen molar-refractivity contribution < 1.29 is 9.47 Å². The predicted molar refractivity (Wildman–Crippen MR) is 118 cm³/mol. The van der Waals surface area contributed by atoms with Gasteiger partial charge in [0, 0.05) is 42.1 Å². The number of morpholine rings is 1. The van der Waals surface area contributed by atoms with Crippen molar-refractivity contribution in [1.29, 1.82) is 0 Å². The first kappa shape index (κ1) is 20.2. The molecule has 0 unspecified atom stereocenters. The summed E-state index contributed by atoms with van der Waals surface area (Å²) in [5.74, 6) is 0.851. The molecule has 0 saturated carbocycles. The monoisotopic (exact) mass is 429 g/mol. The van der Waals surface area contributed by atoms with Crippen LogP contribution in [-0.4, -0.2) is 49.4 Å². The highest BCUT2D eigenvalue weighted by atomic mass is 35.5. The van der Waals surface area contributed by atoms with Crippen LogP contribution in [-0.2, 0) is 11.3 Å². The maximum Gasteiger partial charge on any atom is 0.190 e. The maximum atomic E-state index is 6.02. The summed E-state index contributed by atoms with van der Waals surface area (Å²) in [4.78, 5) is 8.29. The van der Waals surface area contributed by atoms with Crippen LogP contribution in [0.5, 0.6) is 5.75 Å². The molecule has 5 nitrogen and oxygen atoms in total.